The van der Waals surface area contributed by atoms with Gasteiger partial charge in [-0.2, -0.15) is 0 Å². The Bertz CT molecular complexity index is 358. The molecule has 5 heteroatoms. The normalized spacial score (nSPS) is 11.2. The number of hydrogen-bond acceptors (Lipinski definition) is 4. The summed E-state index contributed by atoms with van der Waals surface area (Å²) in [5.74, 6) is 0. The molecule has 0 radical (unpaired) electrons. The van der Waals surface area contributed by atoms with Crippen molar-refractivity contribution in [2.24, 2.45) is 0 Å². The van der Waals surface area contributed by atoms with Crippen molar-refractivity contribution in [1.82, 2.24) is 4.90 Å². The second kappa shape index (κ2) is 10.2. The van der Waals surface area contributed by atoms with Gasteiger partial charge in [-0.05, 0) is 37.6 Å². The molecule has 0 saturated heterocycles. The van der Waals surface area contributed by atoms with E-state index >= 15 is 0 Å². The number of hydrogen-bond donors (Lipinski definition) is 1. The maximum atomic E-state index is 5.88. The van der Waals surface area contributed by atoms with Gasteiger partial charge in [0.05, 0.1) is 13.2 Å². The number of ether oxygens (including phenoxy) is 2. The van der Waals surface area contributed by atoms with Crippen molar-refractivity contribution >= 4 is 21.6 Å². The van der Waals surface area contributed by atoms with E-state index in [9.17, 15) is 0 Å². The second-order valence-corrected chi connectivity index (χ2v) is 5.48. The van der Waals surface area contributed by atoms with Gasteiger partial charge in [0.15, 0.2) is 0 Å². The van der Waals surface area contributed by atoms with Crippen molar-refractivity contribution in [3.05, 3.63) is 28.2 Å². The van der Waals surface area contributed by atoms with E-state index in [1.54, 1.807) is 0 Å². The van der Waals surface area contributed by atoms with Gasteiger partial charge < -0.3 is 15.2 Å². The highest BCUT2D eigenvalue weighted by molar-refractivity contribution is 9.10. The largest absolute Gasteiger partial charge is 0.399 e. The van der Waals surface area contributed by atoms with Crippen LogP contribution in [0.25, 0.3) is 0 Å². The summed E-state index contributed by atoms with van der Waals surface area (Å²) in [5, 5.41) is 0. The SMILES string of the molecule is CCOCCN(CCOCC)Cc1cc(N)cc(Br)c1. The Labute approximate surface area is 130 Å². The summed E-state index contributed by atoms with van der Waals surface area (Å²) < 4.78 is 11.9. The third-order valence-corrected chi connectivity index (χ3v) is 3.36. The molecule has 0 unspecified atom stereocenters. The van der Waals surface area contributed by atoms with E-state index < -0.39 is 0 Å². The standard InChI is InChI=1S/C15H25BrN2O2/c1-3-19-7-5-18(6-8-20-4-2)12-13-9-14(16)11-15(17)10-13/h9-11H,3-8,12,17H2,1-2H3. The van der Waals surface area contributed by atoms with E-state index in [-0.39, 0.29) is 0 Å². The fraction of sp³-hybridized carbons (Fsp3) is 0.600. The maximum Gasteiger partial charge on any atom is 0.0593 e. The zero-order valence-electron chi connectivity index (χ0n) is 12.4. The molecule has 0 heterocycles. The Hall–Kier alpha value is -0.620. The minimum atomic E-state index is 0.742. The molecule has 0 aliphatic carbocycles. The molecular formula is C15H25BrN2O2. The number of nitrogen functional groups attached to an aromatic ring is 1. The first-order chi connectivity index (χ1) is 9.65. The van der Waals surface area contributed by atoms with Crippen LogP contribution in [0.1, 0.15) is 19.4 Å². The van der Waals surface area contributed by atoms with Crippen LogP contribution < -0.4 is 5.73 Å². The lowest BCUT2D eigenvalue weighted by Crippen LogP contribution is -2.30. The Morgan fingerprint density at radius 3 is 2.15 bits per heavy atom. The molecule has 0 aliphatic rings. The molecule has 1 rings (SSSR count). The molecular weight excluding hydrogens is 320 g/mol. The van der Waals surface area contributed by atoms with Crippen LogP contribution in [0.15, 0.2) is 22.7 Å². The number of nitrogens with zero attached hydrogens (tertiary/aromatic N) is 1. The smallest absolute Gasteiger partial charge is 0.0593 e. The summed E-state index contributed by atoms with van der Waals surface area (Å²) in [6.45, 7) is 9.66. The lowest BCUT2D eigenvalue weighted by atomic mass is 10.2. The van der Waals surface area contributed by atoms with Crippen molar-refractivity contribution in [2.75, 3.05) is 45.3 Å². The first-order valence-corrected chi connectivity index (χ1v) is 7.87. The zero-order valence-corrected chi connectivity index (χ0v) is 14.0. The van der Waals surface area contributed by atoms with Crippen LogP contribution >= 0.6 is 15.9 Å². The van der Waals surface area contributed by atoms with Gasteiger partial charge in [-0.1, -0.05) is 15.9 Å². The first-order valence-electron chi connectivity index (χ1n) is 7.08. The summed E-state index contributed by atoms with van der Waals surface area (Å²) in [6.07, 6.45) is 0. The molecule has 0 aliphatic heterocycles. The summed E-state index contributed by atoms with van der Waals surface area (Å²) in [4.78, 5) is 2.33. The summed E-state index contributed by atoms with van der Waals surface area (Å²) >= 11 is 3.48. The fourth-order valence-electron chi connectivity index (χ4n) is 1.97. The Morgan fingerprint density at radius 2 is 1.65 bits per heavy atom. The predicted molar refractivity (Wildman–Crippen MR) is 86.8 cm³/mol. The molecule has 0 spiro atoms. The van der Waals surface area contributed by atoms with Crippen LogP contribution in [0.3, 0.4) is 0 Å². The highest BCUT2D eigenvalue weighted by Crippen LogP contribution is 2.18. The van der Waals surface area contributed by atoms with E-state index in [0.29, 0.717) is 0 Å². The minimum absolute atomic E-state index is 0.742. The number of halogens is 1. The molecule has 0 saturated carbocycles. The first kappa shape index (κ1) is 17.4. The minimum Gasteiger partial charge on any atom is -0.399 e. The van der Waals surface area contributed by atoms with Crippen LogP contribution in [0.5, 0.6) is 0 Å². The highest BCUT2D eigenvalue weighted by atomic mass is 79.9. The van der Waals surface area contributed by atoms with Crippen molar-refractivity contribution in [3.63, 3.8) is 0 Å². The average molecular weight is 345 g/mol. The van der Waals surface area contributed by atoms with Gasteiger partial charge in [0.2, 0.25) is 0 Å². The lowest BCUT2D eigenvalue weighted by Gasteiger charge is -2.22. The third kappa shape index (κ3) is 7.24. The summed E-state index contributed by atoms with van der Waals surface area (Å²) in [5.41, 5.74) is 7.86. The van der Waals surface area contributed by atoms with Crippen LogP contribution in [-0.4, -0.2) is 44.4 Å². The summed E-state index contributed by atoms with van der Waals surface area (Å²) in [6, 6.07) is 6.03. The van der Waals surface area contributed by atoms with Gasteiger partial charge in [-0.15, -0.1) is 0 Å². The monoisotopic (exact) mass is 344 g/mol. The topological polar surface area (TPSA) is 47.7 Å². The fourth-order valence-corrected chi connectivity index (χ4v) is 2.53. The van der Waals surface area contributed by atoms with Crippen molar-refractivity contribution in [3.8, 4) is 0 Å². The number of rotatable bonds is 10. The van der Waals surface area contributed by atoms with E-state index in [2.05, 4.69) is 26.9 Å². The van der Waals surface area contributed by atoms with Crippen molar-refractivity contribution < 1.29 is 9.47 Å². The lowest BCUT2D eigenvalue weighted by molar-refractivity contribution is 0.0798. The molecule has 0 bridgehead atoms. The Balaban J connectivity index is 2.56. The second-order valence-electron chi connectivity index (χ2n) is 4.56. The molecule has 0 aromatic heterocycles. The van der Waals surface area contributed by atoms with Gasteiger partial charge >= 0.3 is 0 Å². The molecule has 114 valence electrons. The Kier molecular flexibility index (Phi) is 8.85. The Morgan fingerprint density at radius 1 is 1.05 bits per heavy atom. The van der Waals surface area contributed by atoms with Gasteiger partial charge in [-0.25, -0.2) is 0 Å². The third-order valence-electron chi connectivity index (χ3n) is 2.90. The molecule has 0 amide bonds. The van der Waals surface area contributed by atoms with Gasteiger partial charge in [-0.3, -0.25) is 4.90 Å². The number of benzene rings is 1. The number of nitrogens with two attached hydrogens (primary N) is 1. The number of anilines is 1. The molecule has 1 aromatic carbocycles. The quantitative estimate of drug-likeness (QED) is 0.523. The zero-order chi connectivity index (χ0) is 14.8. The molecule has 20 heavy (non-hydrogen) atoms. The van der Waals surface area contributed by atoms with E-state index in [4.69, 9.17) is 15.2 Å². The molecule has 1 aromatic rings. The molecule has 4 nitrogen and oxygen atoms in total. The average Bonchev–Trinajstić information content (AvgIpc) is 2.38. The van der Waals surface area contributed by atoms with E-state index in [1.165, 1.54) is 5.56 Å². The van der Waals surface area contributed by atoms with Gasteiger partial charge in [0.25, 0.3) is 0 Å². The molecule has 0 atom stereocenters. The molecule has 2 N–H and O–H groups in total. The predicted octanol–water partition coefficient (Wildman–Crippen LogP) is 2.91. The van der Waals surface area contributed by atoms with E-state index in [1.807, 2.05) is 26.0 Å². The molecule has 0 fully saturated rings. The summed E-state index contributed by atoms with van der Waals surface area (Å²) in [7, 11) is 0. The van der Waals surface area contributed by atoms with Crippen LogP contribution in [0, 0.1) is 0 Å². The van der Waals surface area contributed by atoms with Crippen LogP contribution in [-0.2, 0) is 16.0 Å². The van der Waals surface area contributed by atoms with Gasteiger partial charge in [0.1, 0.15) is 0 Å². The van der Waals surface area contributed by atoms with Crippen molar-refractivity contribution in [1.29, 1.82) is 0 Å². The van der Waals surface area contributed by atoms with Crippen LogP contribution in [0.4, 0.5) is 5.69 Å². The maximum absolute atomic E-state index is 5.88. The van der Waals surface area contributed by atoms with E-state index in [0.717, 1.165) is 56.2 Å². The van der Waals surface area contributed by atoms with Crippen molar-refractivity contribution in [2.45, 2.75) is 20.4 Å². The van der Waals surface area contributed by atoms with Crippen LogP contribution in [0.2, 0.25) is 0 Å². The highest BCUT2D eigenvalue weighted by Gasteiger charge is 2.07. The van der Waals surface area contributed by atoms with Gasteiger partial charge in [0, 0.05) is 43.0 Å².